The van der Waals surface area contributed by atoms with Gasteiger partial charge in [-0.05, 0) is 82.7 Å². The molecular formula is C53H103NO6. The highest BCUT2D eigenvalue weighted by Gasteiger charge is 2.40. The van der Waals surface area contributed by atoms with Crippen LogP contribution < -0.4 is 0 Å². The molecule has 0 aromatic heterocycles. The Morgan fingerprint density at radius 3 is 1.25 bits per heavy atom. The van der Waals surface area contributed by atoms with Gasteiger partial charge in [-0.1, -0.05) is 183 Å². The van der Waals surface area contributed by atoms with E-state index in [1.165, 1.54) is 154 Å². The van der Waals surface area contributed by atoms with Crippen molar-refractivity contribution in [3.8, 4) is 0 Å². The number of hydrogen-bond donors (Lipinski definition) is 0. The quantitative estimate of drug-likeness (QED) is 0.0446. The molecule has 356 valence electrons. The Morgan fingerprint density at radius 2 is 0.883 bits per heavy atom. The fraction of sp³-hybridized carbons (Fsp3) is 0.962. The van der Waals surface area contributed by atoms with E-state index in [-0.39, 0.29) is 18.0 Å². The normalized spacial score (nSPS) is 15.2. The minimum atomic E-state index is -0.405. The molecule has 0 aromatic rings. The Bertz CT molecular complexity index is 878. The predicted octanol–water partition coefficient (Wildman–Crippen LogP) is 15.5. The molecule has 0 amide bonds. The van der Waals surface area contributed by atoms with E-state index in [0.29, 0.717) is 37.9 Å². The SMILES string of the molecule is CCCCCC(CCCCC)CC(=O)OCCCCCCCCCC1(CCCCCCCCCOC(=O)CC(CCCCC)CCCCC)OCC(CCN(CC)CC)O1. The molecular weight excluding hydrogens is 747 g/mol. The van der Waals surface area contributed by atoms with Crippen molar-refractivity contribution in [3.63, 3.8) is 0 Å². The van der Waals surface area contributed by atoms with Crippen LogP contribution in [0.4, 0.5) is 0 Å². The van der Waals surface area contributed by atoms with E-state index in [4.69, 9.17) is 18.9 Å². The Labute approximate surface area is 373 Å². The fourth-order valence-corrected chi connectivity index (χ4v) is 9.16. The van der Waals surface area contributed by atoms with Gasteiger partial charge >= 0.3 is 11.9 Å². The topological polar surface area (TPSA) is 74.3 Å². The van der Waals surface area contributed by atoms with Crippen LogP contribution in [0.15, 0.2) is 0 Å². The van der Waals surface area contributed by atoms with Crippen molar-refractivity contribution in [1.82, 2.24) is 4.90 Å². The van der Waals surface area contributed by atoms with E-state index in [1.807, 2.05) is 0 Å². The van der Waals surface area contributed by atoms with Crippen molar-refractivity contribution in [1.29, 1.82) is 0 Å². The van der Waals surface area contributed by atoms with Gasteiger partial charge in [-0.3, -0.25) is 9.59 Å². The maximum atomic E-state index is 12.6. The summed E-state index contributed by atoms with van der Waals surface area (Å²) < 4.78 is 24.7. The smallest absolute Gasteiger partial charge is 0.306 e. The molecule has 0 N–H and O–H groups in total. The van der Waals surface area contributed by atoms with Gasteiger partial charge in [0.2, 0.25) is 0 Å². The van der Waals surface area contributed by atoms with E-state index in [1.54, 1.807) is 0 Å². The molecule has 60 heavy (non-hydrogen) atoms. The summed E-state index contributed by atoms with van der Waals surface area (Å²) in [4.78, 5) is 27.6. The van der Waals surface area contributed by atoms with E-state index in [2.05, 4.69) is 46.4 Å². The second kappa shape index (κ2) is 40.6. The van der Waals surface area contributed by atoms with Crippen LogP contribution in [-0.4, -0.2) is 68.2 Å². The number of rotatable bonds is 45. The number of carbonyl (C=O) groups excluding carboxylic acids is 2. The molecule has 1 unspecified atom stereocenters. The lowest BCUT2D eigenvalue weighted by Crippen LogP contribution is -2.32. The van der Waals surface area contributed by atoms with Gasteiger partial charge in [-0.2, -0.15) is 0 Å². The number of esters is 2. The molecule has 1 aliphatic rings. The lowest BCUT2D eigenvalue weighted by Gasteiger charge is -2.29. The molecule has 1 aliphatic heterocycles. The molecule has 0 saturated carbocycles. The van der Waals surface area contributed by atoms with E-state index < -0.39 is 5.79 Å². The van der Waals surface area contributed by atoms with Crippen LogP contribution in [0.5, 0.6) is 0 Å². The molecule has 1 heterocycles. The third-order valence-corrected chi connectivity index (χ3v) is 13.3. The lowest BCUT2D eigenvalue weighted by atomic mass is 9.92. The molecule has 7 nitrogen and oxygen atoms in total. The summed E-state index contributed by atoms with van der Waals surface area (Å²) in [6.07, 6.45) is 40.5. The minimum Gasteiger partial charge on any atom is -0.466 e. The van der Waals surface area contributed by atoms with Crippen LogP contribution in [0.1, 0.15) is 266 Å². The molecule has 7 heteroatoms. The monoisotopic (exact) mass is 850 g/mol. The van der Waals surface area contributed by atoms with Crippen molar-refractivity contribution >= 4 is 11.9 Å². The van der Waals surface area contributed by atoms with Crippen molar-refractivity contribution < 1.29 is 28.5 Å². The molecule has 0 aromatic carbocycles. The van der Waals surface area contributed by atoms with Crippen LogP contribution in [0.2, 0.25) is 0 Å². The molecule has 1 fully saturated rings. The second-order valence-electron chi connectivity index (χ2n) is 18.8. The Morgan fingerprint density at radius 1 is 0.517 bits per heavy atom. The summed E-state index contributed by atoms with van der Waals surface area (Å²) in [6.45, 7) is 18.6. The van der Waals surface area contributed by atoms with E-state index in [9.17, 15) is 9.59 Å². The lowest BCUT2D eigenvalue weighted by molar-refractivity contribution is -0.180. The molecule has 0 bridgehead atoms. The first-order valence-electron chi connectivity index (χ1n) is 26.7. The summed E-state index contributed by atoms with van der Waals surface area (Å²) in [6, 6.07) is 0. The Kier molecular flexibility index (Phi) is 38.4. The highest BCUT2D eigenvalue weighted by atomic mass is 16.7. The summed E-state index contributed by atoms with van der Waals surface area (Å²) in [5.74, 6) is 0.645. The third-order valence-electron chi connectivity index (χ3n) is 13.3. The Hall–Kier alpha value is -1.18. The van der Waals surface area contributed by atoms with Crippen molar-refractivity contribution in [3.05, 3.63) is 0 Å². The second-order valence-corrected chi connectivity index (χ2v) is 18.8. The molecule has 1 atom stereocenters. The first-order chi connectivity index (χ1) is 29.3. The van der Waals surface area contributed by atoms with Crippen molar-refractivity contribution in [2.24, 2.45) is 11.8 Å². The zero-order chi connectivity index (χ0) is 43.8. The zero-order valence-electron chi connectivity index (χ0n) is 41.1. The van der Waals surface area contributed by atoms with Gasteiger partial charge in [0.05, 0.1) is 25.9 Å². The third kappa shape index (κ3) is 31.6. The number of hydrogen-bond acceptors (Lipinski definition) is 7. The van der Waals surface area contributed by atoms with E-state index in [0.717, 1.165) is 84.0 Å². The van der Waals surface area contributed by atoms with Gasteiger partial charge in [0.15, 0.2) is 5.79 Å². The van der Waals surface area contributed by atoms with Gasteiger partial charge in [0, 0.05) is 32.2 Å². The molecule has 0 aliphatic carbocycles. The average Bonchev–Trinajstić information content (AvgIpc) is 3.65. The van der Waals surface area contributed by atoms with Crippen LogP contribution in [-0.2, 0) is 28.5 Å². The molecule has 1 saturated heterocycles. The number of nitrogens with zero attached hydrogens (tertiary/aromatic N) is 1. The van der Waals surface area contributed by atoms with Crippen LogP contribution in [0, 0.1) is 11.8 Å². The van der Waals surface area contributed by atoms with Crippen LogP contribution in [0.25, 0.3) is 0 Å². The standard InChI is InChI=1S/C53H103NO6/c1-7-13-27-35-48(36-28-14-8-2)45-51(55)57-43-33-25-21-17-19-23-31-40-53(59-47-50(60-53)39-42-54(11-5)12-6)41-32-24-20-18-22-26-34-44-58-52(56)46-49(37-29-15-9-3)38-30-16-10-4/h48-50H,7-47H2,1-6H3. The predicted molar refractivity (Wildman–Crippen MR) is 255 cm³/mol. The van der Waals surface area contributed by atoms with Gasteiger partial charge in [0.25, 0.3) is 0 Å². The summed E-state index contributed by atoms with van der Waals surface area (Å²) in [7, 11) is 0. The van der Waals surface area contributed by atoms with Gasteiger partial charge in [0.1, 0.15) is 0 Å². The maximum Gasteiger partial charge on any atom is 0.306 e. The number of unbranched alkanes of at least 4 members (excludes halogenated alkanes) is 20. The van der Waals surface area contributed by atoms with Crippen molar-refractivity contribution in [2.75, 3.05) is 39.5 Å². The van der Waals surface area contributed by atoms with Crippen molar-refractivity contribution in [2.45, 2.75) is 278 Å². The highest BCUT2D eigenvalue weighted by molar-refractivity contribution is 5.70. The first kappa shape index (κ1) is 56.8. The first-order valence-corrected chi connectivity index (χ1v) is 26.7. The van der Waals surface area contributed by atoms with Gasteiger partial charge in [-0.15, -0.1) is 0 Å². The largest absolute Gasteiger partial charge is 0.466 e. The summed E-state index contributed by atoms with van der Waals surface area (Å²) in [5.41, 5.74) is 0. The summed E-state index contributed by atoms with van der Waals surface area (Å²) in [5, 5.41) is 0. The fourth-order valence-electron chi connectivity index (χ4n) is 9.16. The highest BCUT2D eigenvalue weighted by Crippen LogP contribution is 2.36. The minimum absolute atomic E-state index is 0.0224. The summed E-state index contributed by atoms with van der Waals surface area (Å²) >= 11 is 0. The Balaban J connectivity index is 2.31. The van der Waals surface area contributed by atoms with Crippen LogP contribution in [0.3, 0.4) is 0 Å². The van der Waals surface area contributed by atoms with Crippen LogP contribution >= 0.6 is 0 Å². The molecule has 0 radical (unpaired) electrons. The number of carbonyl (C=O) groups is 2. The molecule has 0 spiro atoms. The van der Waals surface area contributed by atoms with Gasteiger partial charge < -0.3 is 23.8 Å². The van der Waals surface area contributed by atoms with E-state index >= 15 is 0 Å². The molecule has 1 rings (SSSR count). The zero-order valence-corrected chi connectivity index (χ0v) is 41.1. The average molecular weight is 850 g/mol. The maximum absolute atomic E-state index is 12.6. The van der Waals surface area contributed by atoms with Gasteiger partial charge in [-0.25, -0.2) is 0 Å². The number of ether oxygens (including phenoxy) is 4.